The Morgan fingerprint density at radius 3 is 2.81 bits per heavy atom. The first-order chi connectivity index (χ1) is 10.3. The molecule has 0 aliphatic carbocycles. The number of hydrogen-bond donors (Lipinski definition) is 1. The molecule has 5 heteroatoms. The average Bonchev–Trinajstić information content (AvgIpc) is 2.96. The molecule has 1 aliphatic heterocycles. The quantitative estimate of drug-likeness (QED) is 0.908. The summed E-state index contributed by atoms with van der Waals surface area (Å²) in [6, 6.07) is 2.24. The molecule has 2 aromatic rings. The number of aryl methyl sites for hydroxylation is 1. The van der Waals surface area contributed by atoms with Gasteiger partial charge in [-0.05, 0) is 31.7 Å². The van der Waals surface area contributed by atoms with E-state index < -0.39 is 0 Å². The van der Waals surface area contributed by atoms with Gasteiger partial charge in [-0.15, -0.1) is 11.3 Å². The van der Waals surface area contributed by atoms with Crippen LogP contribution in [0.15, 0.2) is 6.07 Å². The Bertz CT molecular complexity index is 605. The molecular formula is C16H23N3OS. The number of anilines is 1. The van der Waals surface area contributed by atoms with Gasteiger partial charge in [0.25, 0.3) is 0 Å². The highest BCUT2D eigenvalue weighted by Crippen LogP contribution is 2.33. The first-order valence-corrected chi connectivity index (χ1v) is 8.75. The van der Waals surface area contributed by atoms with Crippen molar-refractivity contribution in [2.24, 2.45) is 0 Å². The Hall–Kier alpha value is -1.20. The zero-order chi connectivity index (χ0) is 14.7. The van der Waals surface area contributed by atoms with Gasteiger partial charge in [0, 0.05) is 30.6 Å². The predicted octanol–water partition coefficient (Wildman–Crippen LogP) is 3.97. The molecule has 0 unspecified atom stereocenters. The minimum Gasteiger partial charge on any atom is -0.381 e. The van der Waals surface area contributed by atoms with Gasteiger partial charge >= 0.3 is 0 Å². The fraction of sp³-hybridized carbons (Fsp3) is 0.625. The third-order valence-corrected chi connectivity index (χ3v) is 5.11. The molecule has 1 fully saturated rings. The lowest BCUT2D eigenvalue weighted by Gasteiger charge is -2.21. The molecule has 0 aromatic carbocycles. The van der Waals surface area contributed by atoms with Crippen molar-refractivity contribution in [2.45, 2.75) is 45.4 Å². The van der Waals surface area contributed by atoms with E-state index in [1.165, 1.54) is 10.3 Å². The number of hydrogen-bond acceptors (Lipinski definition) is 5. The SMILES string of the molecule is CCCNc1nc(C2CCOCC2)nc2sc(CC)cc12. The minimum atomic E-state index is 0.442. The molecule has 21 heavy (non-hydrogen) atoms. The van der Waals surface area contributed by atoms with Gasteiger partial charge in [-0.25, -0.2) is 9.97 Å². The second-order valence-corrected chi connectivity index (χ2v) is 6.64. The van der Waals surface area contributed by atoms with E-state index in [4.69, 9.17) is 14.7 Å². The standard InChI is InChI=1S/C16H23N3OS/c1-3-7-17-15-13-10-12(4-2)21-16(13)19-14(18-15)11-5-8-20-9-6-11/h10-11H,3-9H2,1-2H3,(H,17,18,19). The van der Waals surface area contributed by atoms with Gasteiger partial charge in [-0.2, -0.15) is 0 Å². The lowest BCUT2D eigenvalue weighted by atomic mass is 9.99. The van der Waals surface area contributed by atoms with E-state index in [1.807, 2.05) is 0 Å². The van der Waals surface area contributed by atoms with Crippen molar-refractivity contribution >= 4 is 27.4 Å². The maximum atomic E-state index is 5.46. The summed E-state index contributed by atoms with van der Waals surface area (Å²) in [7, 11) is 0. The molecular weight excluding hydrogens is 282 g/mol. The predicted molar refractivity (Wildman–Crippen MR) is 88.4 cm³/mol. The Morgan fingerprint density at radius 2 is 2.10 bits per heavy atom. The molecule has 0 bridgehead atoms. The number of nitrogens with zero attached hydrogens (tertiary/aromatic N) is 2. The van der Waals surface area contributed by atoms with Crippen LogP contribution in [0.1, 0.15) is 49.7 Å². The number of thiophene rings is 1. The van der Waals surface area contributed by atoms with Crippen LogP contribution >= 0.6 is 11.3 Å². The third-order valence-electron chi connectivity index (χ3n) is 3.94. The summed E-state index contributed by atoms with van der Waals surface area (Å²) >= 11 is 1.80. The van der Waals surface area contributed by atoms with Crippen LogP contribution in [0, 0.1) is 0 Å². The zero-order valence-electron chi connectivity index (χ0n) is 12.8. The van der Waals surface area contributed by atoms with Gasteiger partial charge in [0.05, 0.1) is 5.39 Å². The third kappa shape index (κ3) is 3.19. The molecule has 114 valence electrons. The smallest absolute Gasteiger partial charge is 0.138 e. The fourth-order valence-corrected chi connectivity index (χ4v) is 3.65. The highest BCUT2D eigenvalue weighted by atomic mass is 32.1. The molecule has 1 saturated heterocycles. The van der Waals surface area contributed by atoms with Crippen LogP contribution in [0.3, 0.4) is 0 Å². The Kier molecular flexibility index (Phi) is 4.70. The Labute approximate surface area is 129 Å². The molecule has 0 atom stereocenters. The molecule has 1 N–H and O–H groups in total. The highest BCUT2D eigenvalue weighted by molar-refractivity contribution is 7.18. The summed E-state index contributed by atoms with van der Waals surface area (Å²) in [4.78, 5) is 12.2. The van der Waals surface area contributed by atoms with Crippen LogP contribution in [0.25, 0.3) is 10.2 Å². The van der Waals surface area contributed by atoms with Crippen LogP contribution in [0.5, 0.6) is 0 Å². The van der Waals surface area contributed by atoms with Crippen LogP contribution in [-0.2, 0) is 11.2 Å². The van der Waals surface area contributed by atoms with Crippen molar-refractivity contribution < 1.29 is 4.74 Å². The van der Waals surface area contributed by atoms with Crippen molar-refractivity contribution in [1.29, 1.82) is 0 Å². The first kappa shape index (κ1) is 14.7. The molecule has 0 radical (unpaired) electrons. The van der Waals surface area contributed by atoms with Crippen molar-refractivity contribution in [3.8, 4) is 0 Å². The maximum Gasteiger partial charge on any atom is 0.138 e. The molecule has 0 amide bonds. The lowest BCUT2D eigenvalue weighted by molar-refractivity contribution is 0.0837. The second-order valence-electron chi connectivity index (χ2n) is 5.53. The molecule has 3 heterocycles. The van der Waals surface area contributed by atoms with Gasteiger partial charge in [-0.1, -0.05) is 13.8 Å². The number of nitrogens with one attached hydrogen (secondary N) is 1. The Balaban J connectivity index is 2.00. The van der Waals surface area contributed by atoms with Gasteiger partial charge in [0.15, 0.2) is 0 Å². The zero-order valence-corrected chi connectivity index (χ0v) is 13.6. The van der Waals surface area contributed by atoms with E-state index in [0.717, 1.165) is 61.9 Å². The molecule has 0 spiro atoms. The van der Waals surface area contributed by atoms with Crippen molar-refractivity contribution in [3.05, 3.63) is 16.8 Å². The Morgan fingerprint density at radius 1 is 1.29 bits per heavy atom. The number of aromatic nitrogens is 2. The maximum absolute atomic E-state index is 5.46. The van der Waals surface area contributed by atoms with E-state index in [1.54, 1.807) is 11.3 Å². The van der Waals surface area contributed by atoms with E-state index in [0.29, 0.717) is 5.92 Å². The van der Waals surface area contributed by atoms with Crippen molar-refractivity contribution in [3.63, 3.8) is 0 Å². The van der Waals surface area contributed by atoms with Gasteiger partial charge < -0.3 is 10.1 Å². The van der Waals surface area contributed by atoms with Crippen LogP contribution < -0.4 is 5.32 Å². The number of ether oxygens (including phenoxy) is 1. The molecule has 2 aromatic heterocycles. The first-order valence-electron chi connectivity index (χ1n) is 7.93. The van der Waals surface area contributed by atoms with Crippen molar-refractivity contribution in [1.82, 2.24) is 9.97 Å². The second kappa shape index (κ2) is 6.71. The van der Waals surface area contributed by atoms with Gasteiger partial charge in [0.2, 0.25) is 0 Å². The van der Waals surface area contributed by atoms with Gasteiger partial charge in [0.1, 0.15) is 16.5 Å². The number of fused-ring (bicyclic) bond motifs is 1. The highest BCUT2D eigenvalue weighted by Gasteiger charge is 2.21. The minimum absolute atomic E-state index is 0.442. The summed E-state index contributed by atoms with van der Waals surface area (Å²) in [5, 5.41) is 4.66. The van der Waals surface area contributed by atoms with Crippen LogP contribution in [0.2, 0.25) is 0 Å². The molecule has 4 nitrogen and oxygen atoms in total. The topological polar surface area (TPSA) is 47.0 Å². The largest absolute Gasteiger partial charge is 0.381 e. The average molecular weight is 305 g/mol. The van der Waals surface area contributed by atoms with E-state index in [9.17, 15) is 0 Å². The molecule has 3 rings (SSSR count). The molecule has 0 saturated carbocycles. The lowest BCUT2D eigenvalue weighted by Crippen LogP contribution is -2.17. The normalized spacial score (nSPS) is 16.5. The van der Waals surface area contributed by atoms with Gasteiger partial charge in [-0.3, -0.25) is 0 Å². The van der Waals surface area contributed by atoms with Crippen molar-refractivity contribution in [2.75, 3.05) is 25.1 Å². The van der Waals surface area contributed by atoms with Crippen LogP contribution in [-0.4, -0.2) is 29.7 Å². The fourth-order valence-electron chi connectivity index (χ4n) is 2.68. The monoisotopic (exact) mass is 305 g/mol. The van der Waals surface area contributed by atoms with E-state index in [2.05, 4.69) is 25.2 Å². The summed E-state index contributed by atoms with van der Waals surface area (Å²) in [6.45, 7) is 6.98. The summed E-state index contributed by atoms with van der Waals surface area (Å²) < 4.78 is 5.46. The number of rotatable bonds is 5. The summed E-state index contributed by atoms with van der Waals surface area (Å²) in [5.74, 6) is 2.45. The van der Waals surface area contributed by atoms with E-state index >= 15 is 0 Å². The summed E-state index contributed by atoms with van der Waals surface area (Å²) in [5.41, 5.74) is 0. The summed E-state index contributed by atoms with van der Waals surface area (Å²) in [6.07, 6.45) is 4.22. The van der Waals surface area contributed by atoms with E-state index in [-0.39, 0.29) is 0 Å². The van der Waals surface area contributed by atoms with Crippen LogP contribution in [0.4, 0.5) is 5.82 Å². The molecule has 1 aliphatic rings.